The summed E-state index contributed by atoms with van der Waals surface area (Å²) in [5.74, 6) is 0.666. The number of hydrogen-bond acceptors (Lipinski definition) is 4. The lowest BCUT2D eigenvalue weighted by atomic mass is 9.88. The molecule has 1 aromatic rings. The lowest BCUT2D eigenvalue weighted by Gasteiger charge is -2.37. The van der Waals surface area contributed by atoms with Crippen LogP contribution in [0.15, 0.2) is 30.3 Å². The highest BCUT2D eigenvalue weighted by Gasteiger charge is 2.46. The molecule has 1 spiro atoms. The van der Waals surface area contributed by atoms with Crippen molar-refractivity contribution in [3.63, 3.8) is 0 Å². The molecule has 0 N–H and O–H groups in total. The van der Waals surface area contributed by atoms with Gasteiger partial charge in [-0.3, -0.25) is 14.4 Å². The molecule has 1 aromatic carbocycles. The van der Waals surface area contributed by atoms with E-state index in [1.165, 1.54) is 5.06 Å². The summed E-state index contributed by atoms with van der Waals surface area (Å²) in [5, 5.41) is 1.32. The van der Waals surface area contributed by atoms with Gasteiger partial charge in [-0.05, 0) is 25.0 Å². The molecule has 3 rings (SSSR count). The van der Waals surface area contributed by atoms with Crippen LogP contribution in [0.4, 0.5) is 0 Å². The first-order chi connectivity index (χ1) is 10.6. The summed E-state index contributed by atoms with van der Waals surface area (Å²) in [4.78, 5) is 31.3. The van der Waals surface area contributed by atoms with Crippen LogP contribution < -0.4 is 4.74 Å². The summed E-state index contributed by atoms with van der Waals surface area (Å²) in [6.45, 7) is 1.23. The number of likely N-dealkylation sites (tertiary alicyclic amines) is 1. The van der Waals surface area contributed by atoms with Crippen molar-refractivity contribution in [3.8, 4) is 5.75 Å². The number of piperidine rings is 1. The number of amides is 2. The lowest BCUT2D eigenvalue weighted by molar-refractivity contribution is -0.199. The minimum absolute atomic E-state index is 0.00666. The van der Waals surface area contributed by atoms with Crippen molar-refractivity contribution in [1.29, 1.82) is 0 Å². The molecule has 118 valence electrons. The fourth-order valence-electron chi connectivity index (χ4n) is 2.95. The van der Waals surface area contributed by atoms with E-state index in [0.29, 0.717) is 38.1 Å². The molecule has 0 unspecified atom stereocenters. The Morgan fingerprint density at radius 2 is 1.95 bits per heavy atom. The molecule has 2 fully saturated rings. The molecule has 2 heterocycles. The van der Waals surface area contributed by atoms with Crippen LogP contribution in [0.3, 0.4) is 0 Å². The second-order valence-electron chi connectivity index (χ2n) is 5.82. The Bertz CT molecular complexity index is 553. The number of ether oxygens (including phenoxy) is 1. The maximum absolute atomic E-state index is 12.2. The van der Waals surface area contributed by atoms with Crippen molar-refractivity contribution < 1.29 is 19.2 Å². The number of para-hydroxylation sites is 1. The number of rotatable bonds is 3. The second-order valence-corrected chi connectivity index (χ2v) is 5.82. The van der Waals surface area contributed by atoms with E-state index in [4.69, 9.17) is 9.57 Å². The standard InChI is InChI=1S/C16H20N2O4/c1-17-14(19)11-16(22-17)7-9-18(10-8-16)15(20)12-21-13-5-3-2-4-6-13/h2-6H,7-12H2,1H3. The second kappa shape index (κ2) is 5.96. The van der Waals surface area contributed by atoms with Crippen LogP contribution in [0.5, 0.6) is 5.75 Å². The van der Waals surface area contributed by atoms with Crippen LogP contribution in [0.2, 0.25) is 0 Å². The van der Waals surface area contributed by atoms with Crippen molar-refractivity contribution in [2.45, 2.75) is 24.9 Å². The summed E-state index contributed by atoms with van der Waals surface area (Å²) in [7, 11) is 1.64. The van der Waals surface area contributed by atoms with Gasteiger partial charge in [0.25, 0.3) is 5.91 Å². The Morgan fingerprint density at radius 3 is 2.55 bits per heavy atom. The SMILES string of the molecule is CN1OC2(CCN(C(=O)COc3ccccc3)CC2)CC1=O. The van der Waals surface area contributed by atoms with E-state index in [1.54, 1.807) is 11.9 Å². The minimum Gasteiger partial charge on any atom is -0.484 e. The highest BCUT2D eigenvalue weighted by Crippen LogP contribution is 2.35. The first-order valence-electron chi connectivity index (χ1n) is 7.49. The van der Waals surface area contributed by atoms with Gasteiger partial charge in [-0.15, -0.1) is 0 Å². The fraction of sp³-hybridized carbons (Fsp3) is 0.500. The first-order valence-corrected chi connectivity index (χ1v) is 7.49. The number of carbonyl (C=O) groups is 2. The Balaban J connectivity index is 1.49. The number of hydroxylamine groups is 2. The summed E-state index contributed by atoms with van der Waals surface area (Å²) >= 11 is 0. The van der Waals surface area contributed by atoms with Crippen molar-refractivity contribution in [3.05, 3.63) is 30.3 Å². The van der Waals surface area contributed by atoms with Crippen LogP contribution in [0.1, 0.15) is 19.3 Å². The molecule has 0 aliphatic carbocycles. The Labute approximate surface area is 129 Å². The number of benzene rings is 1. The van der Waals surface area contributed by atoms with E-state index >= 15 is 0 Å². The molecule has 0 atom stereocenters. The van der Waals surface area contributed by atoms with Gasteiger partial charge in [0.15, 0.2) is 6.61 Å². The molecule has 2 aliphatic heterocycles. The van der Waals surface area contributed by atoms with Crippen LogP contribution >= 0.6 is 0 Å². The predicted molar refractivity (Wildman–Crippen MR) is 79.0 cm³/mol. The molecular formula is C16H20N2O4. The highest BCUT2D eigenvalue weighted by molar-refractivity contribution is 5.79. The normalized spacial score (nSPS) is 20.5. The number of carbonyl (C=O) groups excluding carboxylic acids is 2. The smallest absolute Gasteiger partial charge is 0.260 e. The molecule has 2 aliphatic rings. The Kier molecular flexibility index (Phi) is 4.02. The van der Waals surface area contributed by atoms with Gasteiger partial charge in [0.05, 0.1) is 6.42 Å². The monoisotopic (exact) mass is 304 g/mol. The minimum atomic E-state index is -0.414. The van der Waals surface area contributed by atoms with E-state index in [9.17, 15) is 9.59 Å². The van der Waals surface area contributed by atoms with Crippen LogP contribution in [-0.2, 0) is 14.4 Å². The maximum Gasteiger partial charge on any atom is 0.260 e. The predicted octanol–water partition coefficient (Wildman–Crippen LogP) is 1.22. The van der Waals surface area contributed by atoms with Crippen molar-refractivity contribution in [2.75, 3.05) is 26.7 Å². The van der Waals surface area contributed by atoms with Crippen molar-refractivity contribution in [2.24, 2.45) is 0 Å². The van der Waals surface area contributed by atoms with Gasteiger partial charge in [0.2, 0.25) is 5.91 Å². The topological polar surface area (TPSA) is 59.1 Å². The van der Waals surface area contributed by atoms with Gasteiger partial charge in [0.1, 0.15) is 11.4 Å². The van der Waals surface area contributed by atoms with E-state index in [-0.39, 0.29) is 18.4 Å². The lowest BCUT2D eigenvalue weighted by Crippen LogP contribution is -2.48. The third kappa shape index (κ3) is 3.06. The molecule has 0 saturated carbocycles. The molecule has 6 heteroatoms. The van der Waals surface area contributed by atoms with Crippen molar-refractivity contribution in [1.82, 2.24) is 9.96 Å². The van der Waals surface area contributed by atoms with Gasteiger partial charge in [0, 0.05) is 20.1 Å². The summed E-state index contributed by atoms with van der Waals surface area (Å²) in [6.07, 6.45) is 1.77. The van der Waals surface area contributed by atoms with Gasteiger partial charge in [-0.1, -0.05) is 18.2 Å². The zero-order valence-corrected chi connectivity index (χ0v) is 12.7. The zero-order chi connectivity index (χ0) is 15.6. The molecular weight excluding hydrogens is 284 g/mol. The average Bonchev–Trinajstić information content (AvgIpc) is 2.80. The summed E-state index contributed by atoms with van der Waals surface area (Å²) in [6, 6.07) is 9.29. The quantitative estimate of drug-likeness (QED) is 0.842. The summed E-state index contributed by atoms with van der Waals surface area (Å²) in [5.41, 5.74) is -0.414. The highest BCUT2D eigenvalue weighted by atomic mass is 16.7. The van der Waals surface area contributed by atoms with E-state index in [1.807, 2.05) is 30.3 Å². The average molecular weight is 304 g/mol. The molecule has 22 heavy (non-hydrogen) atoms. The van der Waals surface area contributed by atoms with Gasteiger partial charge in [-0.2, -0.15) is 0 Å². The third-order valence-electron chi connectivity index (χ3n) is 4.29. The molecule has 0 bridgehead atoms. The molecule has 2 amide bonds. The van der Waals surface area contributed by atoms with Crippen LogP contribution in [-0.4, -0.2) is 54.1 Å². The van der Waals surface area contributed by atoms with Crippen LogP contribution in [0.25, 0.3) is 0 Å². The Morgan fingerprint density at radius 1 is 1.27 bits per heavy atom. The molecule has 0 radical (unpaired) electrons. The first kappa shape index (κ1) is 14.8. The fourth-order valence-corrected chi connectivity index (χ4v) is 2.95. The largest absolute Gasteiger partial charge is 0.484 e. The molecule has 2 saturated heterocycles. The van der Waals surface area contributed by atoms with Gasteiger partial charge >= 0.3 is 0 Å². The molecule has 0 aromatic heterocycles. The number of nitrogens with zero attached hydrogens (tertiary/aromatic N) is 2. The van der Waals surface area contributed by atoms with Gasteiger partial charge < -0.3 is 9.64 Å². The Hall–Kier alpha value is -2.08. The van der Waals surface area contributed by atoms with E-state index < -0.39 is 5.60 Å². The molecule has 6 nitrogen and oxygen atoms in total. The van der Waals surface area contributed by atoms with Crippen molar-refractivity contribution >= 4 is 11.8 Å². The number of hydrogen-bond donors (Lipinski definition) is 0. The van der Waals surface area contributed by atoms with E-state index in [0.717, 1.165) is 0 Å². The van der Waals surface area contributed by atoms with Crippen LogP contribution in [0, 0.1) is 0 Å². The van der Waals surface area contributed by atoms with E-state index in [2.05, 4.69) is 0 Å². The summed E-state index contributed by atoms with van der Waals surface area (Å²) < 4.78 is 5.49. The zero-order valence-electron chi connectivity index (χ0n) is 12.7. The van der Waals surface area contributed by atoms with Gasteiger partial charge in [-0.25, -0.2) is 5.06 Å². The maximum atomic E-state index is 12.2. The third-order valence-corrected chi connectivity index (χ3v) is 4.29.